The third-order valence-electron chi connectivity index (χ3n) is 5.43. The molecule has 7 nitrogen and oxygen atoms in total. The number of urea groups is 1. The van der Waals surface area contributed by atoms with Crippen LogP contribution in [0.2, 0.25) is 5.02 Å². The number of rotatable bonds is 2. The average Bonchev–Trinajstić information content (AvgIpc) is 3.06. The van der Waals surface area contributed by atoms with Crippen LogP contribution < -0.4 is 5.32 Å². The van der Waals surface area contributed by atoms with E-state index in [9.17, 15) is 9.59 Å². The number of likely N-dealkylation sites (tertiary alicyclic amines) is 1. The predicted octanol–water partition coefficient (Wildman–Crippen LogP) is 3.42. The molecule has 0 radical (unpaired) electrons. The molecule has 1 unspecified atom stereocenters. The molecule has 0 spiro atoms. The smallest absolute Gasteiger partial charge is 0.321 e. The van der Waals surface area contributed by atoms with Crippen LogP contribution in [0.15, 0.2) is 30.3 Å². The molecule has 1 saturated heterocycles. The van der Waals surface area contributed by atoms with Gasteiger partial charge in [0.2, 0.25) is 0 Å². The Morgan fingerprint density at radius 1 is 1.21 bits per heavy atom. The van der Waals surface area contributed by atoms with Gasteiger partial charge in [-0.05, 0) is 43.5 Å². The third kappa shape index (κ3) is 3.85. The number of hydrogen-bond acceptors (Lipinski definition) is 3. The molecule has 3 amide bonds. The van der Waals surface area contributed by atoms with Crippen molar-refractivity contribution < 1.29 is 9.59 Å². The van der Waals surface area contributed by atoms with Gasteiger partial charge >= 0.3 is 6.03 Å². The summed E-state index contributed by atoms with van der Waals surface area (Å²) in [6.07, 6.45) is 2.76. The van der Waals surface area contributed by atoms with Crippen LogP contribution >= 0.6 is 11.6 Å². The van der Waals surface area contributed by atoms with E-state index in [1.54, 1.807) is 17.0 Å². The molecule has 0 aliphatic carbocycles. The molecular formula is C20H24ClN5O2. The summed E-state index contributed by atoms with van der Waals surface area (Å²) in [6, 6.07) is 8.91. The zero-order valence-electron chi connectivity index (χ0n) is 15.9. The molecule has 1 atom stereocenters. The first-order chi connectivity index (χ1) is 13.5. The Morgan fingerprint density at radius 2 is 2.07 bits per heavy atom. The standard InChI is InChI=1S/C20H24ClN5O2/c1-24-8-4-10-26-18(19(24)27)12-17(23-26)14-5-3-9-25(13-14)20(28)22-16-7-2-6-15(21)11-16/h2,6-7,11-12,14H,3-5,8-10,13H2,1H3,(H,22,28). The lowest BCUT2D eigenvalue weighted by Gasteiger charge is -2.32. The van der Waals surface area contributed by atoms with Gasteiger partial charge in [-0.2, -0.15) is 5.10 Å². The average molecular weight is 402 g/mol. The Labute approximate surface area is 169 Å². The Kier molecular flexibility index (Phi) is 5.26. The van der Waals surface area contributed by atoms with Crippen molar-refractivity contribution >= 4 is 29.2 Å². The monoisotopic (exact) mass is 401 g/mol. The van der Waals surface area contributed by atoms with E-state index in [1.165, 1.54) is 0 Å². The SMILES string of the molecule is CN1CCCn2nc(C3CCCN(C(=O)Nc4cccc(Cl)c4)C3)cc2C1=O. The number of benzene rings is 1. The van der Waals surface area contributed by atoms with Gasteiger partial charge in [0.25, 0.3) is 5.91 Å². The number of anilines is 1. The molecule has 3 heterocycles. The lowest BCUT2D eigenvalue weighted by Crippen LogP contribution is -2.41. The van der Waals surface area contributed by atoms with Crippen molar-refractivity contribution in [1.82, 2.24) is 19.6 Å². The van der Waals surface area contributed by atoms with Crippen molar-refractivity contribution in [1.29, 1.82) is 0 Å². The van der Waals surface area contributed by atoms with E-state index in [4.69, 9.17) is 16.7 Å². The van der Waals surface area contributed by atoms with Crippen LogP contribution in [0.4, 0.5) is 10.5 Å². The Balaban J connectivity index is 1.47. The van der Waals surface area contributed by atoms with Gasteiger partial charge in [0.1, 0.15) is 5.69 Å². The highest BCUT2D eigenvalue weighted by atomic mass is 35.5. The lowest BCUT2D eigenvalue weighted by molar-refractivity contribution is 0.0796. The number of halogens is 1. The lowest BCUT2D eigenvalue weighted by atomic mass is 9.95. The van der Waals surface area contributed by atoms with Crippen molar-refractivity contribution in [2.75, 3.05) is 32.0 Å². The van der Waals surface area contributed by atoms with Gasteiger partial charge in [0.05, 0.1) is 5.69 Å². The van der Waals surface area contributed by atoms with Crippen molar-refractivity contribution in [2.24, 2.45) is 0 Å². The molecule has 4 rings (SSSR count). The summed E-state index contributed by atoms with van der Waals surface area (Å²) in [5, 5.41) is 8.20. The molecule has 1 fully saturated rings. The summed E-state index contributed by atoms with van der Waals surface area (Å²) in [7, 11) is 1.83. The summed E-state index contributed by atoms with van der Waals surface area (Å²) < 4.78 is 1.83. The summed E-state index contributed by atoms with van der Waals surface area (Å²) >= 11 is 5.99. The van der Waals surface area contributed by atoms with Crippen molar-refractivity contribution in [2.45, 2.75) is 31.7 Å². The van der Waals surface area contributed by atoms with Crippen LogP contribution in [0.5, 0.6) is 0 Å². The highest BCUT2D eigenvalue weighted by molar-refractivity contribution is 6.30. The first-order valence-electron chi connectivity index (χ1n) is 9.66. The van der Waals surface area contributed by atoms with E-state index in [1.807, 2.05) is 34.8 Å². The van der Waals surface area contributed by atoms with Gasteiger partial charge in [-0.25, -0.2) is 4.79 Å². The van der Waals surface area contributed by atoms with Gasteiger partial charge in [-0.15, -0.1) is 0 Å². The second kappa shape index (κ2) is 7.83. The van der Waals surface area contributed by atoms with Gasteiger partial charge in [0, 0.05) is 49.9 Å². The zero-order chi connectivity index (χ0) is 19.7. The molecule has 148 valence electrons. The first-order valence-corrected chi connectivity index (χ1v) is 10.0. The number of nitrogens with one attached hydrogen (secondary N) is 1. The Bertz CT molecular complexity index is 896. The molecule has 2 aliphatic rings. The van der Waals surface area contributed by atoms with E-state index in [2.05, 4.69) is 5.32 Å². The molecule has 8 heteroatoms. The number of aryl methyl sites for hydroxylation is 1. The molecule has 0 saturated carbocycles. The fourth-order valence-corrected chi connectivity index (χ4v) is 4.10. The maximum absolute atomic E-state index is 12.7. The highest BCUT2D eigenvalue weighted by Gasteiger charge is 2.29. The number of nitrogens with zero attached hydrogens (tertiary/aromatic N) is 4. The van der Waals surface area contributed by atoms with Gasteiger partial charge in [0.15, 0.2) is 0 Å². The van der Waals surface area contributed by atoms with Gasteiger partial charge < -0.3 is 15.1 Å². The summed E-state index contributed by atoms with van der Waals surface area (Å²) in [5.41, 5.74) is 2.23. The number of amides is 3. The summed E-state index contributed by atoms with van der Waals surface area (Å²) in [6.45, 7) is 2.79. The minimum Gasteiger partial charge on any atom is -0.340 e. The normalized spacial score (nSPS) is 19.9. The molecule has 0 bridgehead atoms. The maximum Gasteiger partial charge on any atom is 0.321 e. The van der Waals surface area contributed by atoms with Crippen LogP contribution in [-0.4, -0.2) is 58.2 Å². The fourth-order valence-electron chi connectivity index (χ4n) is 3.91. The molecule has 1 aromatic carbocycles. The number of carbonyl (C=O) groups is 2. The van der Waals surface area contributed by atoms with E-state index < -0.39 is 0 Å². The second-order valence-electron chi connectivity index (χ2n) is 7.48. The zero-order valence-corrected chi connectivity index (χ0v) is 16.7. The number of carbonyl (C=O) groups excluding carboxylic acids is 2. The van der Waals surface area contributed by atoms with Crippen molar-refractivity contribution in [3.05, 3.63) is 46.7 Å². The molecule has 28 heavy (non-hydrogen) atoms. The van der Waals surface area contributed by atoms with E-state index >= 15 is 0 Å². The van der Waals surface area contributed by atoms with Crippen LogP contribution in [0.3, 0.4) is 0 Å². The molecular weight excluding hydrogens is 378 g/mol. The van der Waals surface area contributed by atoms with Crippen LogP contribution in [0.25, 0.3) is 0 Å². The first kappa shape index (κ1) is 18.8. The summed E-state index contributed by atoms with van der Waals surface area (Å²) in [5.74, 6) is 0.152. The minimum atomic E-state index is -0.136. The molecule has 2 aliphatic heterocycles. The highest BCUT2D eigenvalue weighted by Crippen LogP contribution is 2.28. The van der Waals surface area contributed by atoms with Gasteiger partial charge in [-0.1, -0.05) is 17.7 Å². The minimum absolute atomic E-state index is 0.0163. The molecule has 2 aromatic rings. The summed E-state index contributed by atoms with van der Waals surface area (Å²) in [4.78, 5) is 28.8. The van der Waals surface area contributed by atoms with Crippen LogP contribution in [0.1, 0.15) is 41.4 Å². The topological polar surface area (TPSA) is 70.5 Å². The maximum atomic E-state index is 12.7. The largest absolute Gasteiger partial charge is 0.340 e. The molecule has 1 N–H and O–H groups in total. The Hall–Kier alpha value is -2.54. The van der Waals surface area contributed by atoms with Gasteiger partial charge in [-0.3, -0.25) is 9.48 Å². The Morgan fingerprint density at radius 3 is 2.89 bits per heavy atom. The quantitative estimate of drug-likeness (QED) is 0.838. The molecule has 1 aromatic heterocycles. The predicted molar refractivity (Wildman–Crippen MR) is 108 cm³/mol. The van der Waals surface area contributed by atoms with Crippen LogP contribution in [-0.2, 0) is 6.54 Å². The van der Waals surface area contributed by atoms with Crippen LogP contribution in [0, 0.1) is 0 Å². The van der Waals surface area contributed by atoms with E-state index in [-0.39, 0.29) is 17.9 Å². The van der Waals surface area contributed by atoms with Crippen molar-refractivity contribution in [3.8, 4) is 0 Å². The third-order valence-corrected chi connectivity index (χ3v) is 5.67. The van der Waals surface area contributed by atoms with E-state index in [0.717, 1.165) is 38.0 Å². The second-order valence-corrected chi connectivity index (χ2v) is 7.92. The fraction of sp³-hybridized carbons (Fsp3) is 0.450. The number of hydrogen-bond donors (Lipinski definition) is 1. The number of fused-ring (bicyclic) bond motifs is 1. The number of piperidine rings is 1. The number of aromatic nitrogens is 2. The van der Waals surface area contributed by atoms with E-state index in [0.29, 0.717) is 29.5 Å². The van der Waals surface area contributed by atoms with Crippen molar-refractivity contribution in [3.63, 3.8) is 0 Å².